The fourth-order valence-electron chi connectivity index (χ4n) is 2.70. The second-order valence-electron chi connectivity index (χ2n) is 5.35. The molecular weight excluding hydrogens is 372 g/mol. The van der Waals surface area contributed by atoms with Gasteiger partial charge in [0.25, 0.3) is 0 Å². The number of rotatable bonds is 6. The molecule has 136 valence electrons. The molecule has 0 atom stereocenters. The quantitative estimate of drug-likeness (QED) is 0.357. The van der Waals surface area contributed by atoms with Crippen LogP contribution < -0.4 is 0 Å². The molecule has 0 aliphatic heterocycles. The van der Waals surface area contributed by atoms with E-state index >= 15 is 0 Å². The predicted octanol–water partition coefficient (Wildman–Crippen LogP) is 4.28. The van der Waals surface area contributed by atoms with Crippen molar-refractivity contribution in [2.45, 2.75) is 13.5 Å². The normalized spacial score (nSPS) is 11.9. The largest absolute Gasteiger partial charge is 0.398 e. The van der Waals surface area contributed by atoms with E-state index in [1.807, 2.05) is 28.9 Å². The fraction of sp³-hybridized carbons (Fsp3) is 0.278. The number of ether oxygens (including phenoxy) is 1. The molecule has 3 aromatic rings. The number of halogens is 1. The maximum Gasteiger partial charge on any atom is 0.146 e. The van der Waals surface area contributed by atoms with Crippen LogP contribution in [-0.4, -0.2) is 39.8 Å². The molecule has 3 rings (SSSR count). The Morgan fingerprint density at radius 2 is 2.15 bits per heavy atom. The van der Waals surface area contributed by atoms with Gasteiger partial charge in [-0.15, -0.1) is 11.8 Å². The summed E-state index contributed by atoms with van der Waals surface area (Å²) in [6.07, 6.45) is 3.54. The number of pyridine rings is 1. The number of aromatic nitrogens is 3. The van der Waals surface area contributed by atoms with Crippen LogP contribution in [0.5, 0.6) is 0 Å². The molecule has 0 fully saturated rings. The minimum Gasteiger partial charge on any atom is -0.398 e. The summed E-state index contributed by atoms with van der Waals surface area (Å²) in [4.78, 5) is 9.41. The van der Waals surface area contributed by atoms with Gasteiger partial charge in [0.05, 0.1) is 35.3 Å². The van der Waals surface area contributed by atoms with Crippen LogP contribution in [0.4, 0.5) is 0 Å². The predicted molar refractivity (Wildman–Crippen MR) is 106 cm³/mol. The van der Waals surface area contributed by atoms with E-state index in [-0.39, 0.29) is 0 Å². The number of benzene rings is 1. The molecular formula is C18H19ClN4O2S. The first-order valence-corrected chi connectivity index (χ1v) is 9.40. The third kappa shape index (κ3) is 3.70. The average Bonchev–Trinajstić information content (AvgIpc) is 3.04. The van der Waals surface area contributed by atoms with E-state index in [1.54, 1.807) is 31.3 Å². The van der Waals surface area contributed by atoms with Gasteiger partial charge in [0.1, 0.15) is 12.2 Å². The fourth-order valence-corrected chi connectivity index (χ4v) is 3.59. The molecule has 0 amide bonds. The molecule has 0 aliphatic rings. The number of oxime groups is 1. The summed E-state index contributed by atoms with van der Waals surface area (Å²) < 4.78 is 7.28. The van der Waals surface area contributed by atoms with Crippen LogP contribution in [0.2, 0.25) is 5.02 Å². The minimum atomic E-state index is 0.389. The molecule has 0 N–H and O–H groups in total. The maximum atomic E-state index is 6.10. The van der Waals surface area contributed by atoms with E-state index in [0.29, 0.717) is 11.6 Å². The lowest BCUT2D eigenvalue weighted by Crippen LogP contribution is -2.08. The lowest BCUT2D eigenvalue weighted by atomic mass is 10.2. The van der Waals surface area contributed by atoms with Gasteiger partial charge in [-0.25, -0.2) is 4.68 Å². The molecule has 0 saturated heterocycles. The van der Waals surface area contributed by atoms with Gasteiger partial charge in [-0.1, -0.05) is 23.7 Å². The Morgan fingerprint density at radius 3 is 2.88 bits per heavy atom. The van der Waals surface area contributed by atoms with Crippen molar-refractivity contribution < 1.29 is 9.57 Å². The lowest BCUT2D eigenvalue weighted by Gasteiger charge is -2.12. The van der Waals surface area contributed by atoms with Crippen molar-refractivity contribution in [2.24, 2.45) is 5.16 Å². The van der Waals surface area contributed by atoms with Crippen LogP contribution in [0, 0.1) is 0 Å². The van der Waals surface area contributed by atoms with Gasteiger partial charge >= 0.3 is 0 Å². The number of methoxy groups -OCH3 is 1. The first-order chi connectivity index (χ1) is 12.7. The van der Waals surface area contributed by atoms with Crippen molar-refractivity contribution in [3.63, 3.8) is 0 Å². The molecule has 0 radical (unpaired) electrons. The Labute approximate surface area is 161 Å². The van der Waals surface area contributed by atoms with Crippen molar-refractivity contribution in [1.82, 2.24) is 14.8 Å². The monoisotopic (exact) mass is 390 g/mol. The number of hydrogen-bond acceptors (Lipinski definition) is 6. The Balaban J connectivity index is 2.19. The number of hydrogen-bond donors (Lipinski definition) is 0. The highest BCUT2D eigenvalue weighted by molar-refractivity contribution is 8.14. The smallest absolute Gasteiger partial charge is 0.146 e. The molecule has 0 aliphatic carbocycles. The highest BCUT2D eigenvalue weighted by Crippen LogP contribution is 2.27. The van der Waals surface area contributed by atoms with Crippen LogP contribution in [0.3, 0.4) is 0 Å². The average molecular weight is 391 g/mol. The Hall–Kier alpha value is -2.09. The van der Waals surface area contributed by atoms with Crippen molar-refractivity contribution in [2.75, 3.05) is 20.0 Å². The Bertz CT molecular complexity index is 942. The molecule has 0 spiro atoms. The van der Waals surface area contributed by atoms with Gasteiger partial charge < -0.3 is 9.57 Å². The van der Waals surface area contributed by atoms with Gasteiger partial charge in [-0.05, 0) is 30.0 Å². The van der Waals surface area contributed by atoms with Crippen LogP contribution in [0.1, 0.15) is 18.2 Å². The molecule has 1 aromatic carbocycles. The summed E-state index contributed by atoms with van der Waals surface area (Å²) in [5.41, 5.74) is 3.50. The van der Waals surface area contributed by atoms with Crippen LogP contribution in [0.15, 0.2) is 41.8 Å². The molecule has 0 unspecified atom stereocenters. The third-order valence-corrected chi connectivity index (χ3v) is 4.84. The number of thioether (sulfide) groups is 1. The Morgan fingerprint density at radius 1 is 1.31 bits per heavy atom. The summed E-state index contributed by atoms with van der Waals surface area (Å²) >= 11 is 7.69. The Kier molecular flexibility index (Phi) is 6.13. The van der Waals surface area contributed by atoms with Gasteiger partial charge in [0.15, 0.2) is 0 Å². The summed E-state index contributed by atoms with van der Waals surface area (Å²) in [5.74, 6) is 0.872. The number of nitrogens with zero attached hydrogens (tertiary/aromatic N) is 4. The molecule has 6 nitrogen and oxygen atoms in total. The molecule has 0 bridgehead atoms. The second-order valence-corrected chi connectivity index (χ2v) is 7.04. The van der Waals surface area contributed by atoms with Gasteiger partial charge in [0.2, 0.25) is 0 Å². The van der Waals surface area contributed by atoms with E-state index in [2.05, 4.69) is 22.2 Å². The van der Waals surface area contributed by atoms with Gasteiger partial charge in [-0.3, -0.25) is 4.98 Å². The first-order valence-electron chi connectivity index (χ1n) is 8.04. The summed E-state index contributed by atoms with van der Waals surface area (Å²) in [7, 11) is 3.20. The molecule has 8 heteroatoms. The minimum absolute atomic E-state index is 0.389. The summed E-state index contributed by atoms with van der Waals surface area (Å²) in [6, 6.07) is 7.56. The second kappa shape index (κ2) is 8.53. The zero-order valence-electron chi connectivity index (χ0n) is 14.8. The van der Waals surface area contributed by atoms with E-state index in [9.17, 15) is 0 Å². The zero-order valence-corrected chi connectivity index (χ0v) is 16.3. The van der Waals surface area contributed by atoms with Gasteiger partial charge in [-0.2, -0.15) is 5.10 Å². The van der Waals surface area contributed by atoms with Gasteiger partial charge in [0, 0.05) is 23.7 Å². The van der Waals surface area contributed by atoms with E-state index < -0.39 is 0 Å². The van der Waals surface area contributed by atoms with Crippen molar-refractivity contribution in [3.8, 4) is 5.69 Å². The molecule has 2 aromatic heterocycles. The topological polar surface area (TPSA) is 61.5 Å². The maximum absolute atomic E-state index is 6.10. The lowest BCUT2D eigenvalue weighted by molar-refractivity contribution is 0.179. The van der Waals surface area contributed by atoms with Crippen molar-refractivity contribution >= 4 is 39.3 Å². The molecule has 2 heterocycles. The van der Waals surface area contributed by atoms with Crippen LogP contribution >= 0.6 is 23.4 Å². The first kappa shape index (κ1) is 18.7. The summed E-state index contributed by atoms with van der Waals surface area (Å²) in [6.45, 7) is 2.45. The SMILES string of the molecule is CCS/C(=N\OC)c1cnn(-c2ccnc3cc(Cl)ccc23)c1COC. The molecule has 26 heavy (non-hydrogen) atoms. The van der Waals surface area contributed by atoms with E-state index in [4.69, 9.17) is 21.2 Å². The molecule has 0 saturated carbocycles. The van der Waals surface area contributed by atoms with Crippen LogP contribution in [0.25, 0.3) is 16.6 Å². The highest BCUT2D eigenvalue weighted by atomic mass is 35.5. The van der Waals surface area contributed by atoms with Crippen molar-refractivity contribution in [1.29, 1.82) is 0 Å². The summed E-state index contributed by atoms with van der Waals surface area (Å²) in [5, 5.41) is 11.1. The van der Waals surface area contributed by atoms with E-state index in [0.717, 1.165) is 38.6 Å². The highest BCUT2D eigenvalue weighted by Gasteiger charge is 2.19. The van der Waals surface area contributed by atoms with E-state index in [1.165, 1.54) is 7.11 Å². The standard InChI is InChI=1S/C18H19ClN4O2S/c1-4-26-18(22-25-3)14-10-21-23(17(14)11-24-2)16-7-8-20-15-9-12(19)5-6-13(15)16/h5-10H,4,11H2,1-3H3/b22-18-. The third-order valence-electron chi connectivity index (χ3n) is 3.75. The van der Waals surface area contributed by atoms with Crippen LogP contribution in [-0.2, 0) is 16.2 Å². The van der Waals surface area contributed by atoms with Crippen molar-refractivity contribution in [3.05, 3.63) is 52.9 Å². The zero-order chi connectivity index (χ0) is 18.5. The number of fused-ring (bicyclic) bond motifs is 1.